The van der Waals surface area contributed by atoms with Gasteiger partial charge in [0, 0.05) is 28.6 Å². The van der Waals surface area contributed by atoms with E-state index in [4.69, 9.17) is 14.8 Å². The number of hydrogen-bond donors (Lipinski definition) is 3. The molecule has 4 rings (SSSR count). The summed E-state index contributed by atoms with van der Waals surface area (Å²) in [6.45, 7) is 0.0318. The van der Waals surface area contributed by atoms with Gasteiger partial charge in [0.05, 0.1) is 5.69 Å². The van der Waals surface area contributed by atoms with E-state index in [1.807, 2.05) is 66.0 Å². The summed E-state index contributed by atoms with van der Waals surface area (Å²) in [7, 11) is 0. The third kappa shape index (κ3) is 7.49. The zero-order valence-corrected chi connectivity index (χ0v) is 20.6. The topological polar surface area (TPSA) is 118 Å². The number of carboxylic acid groups (broad SMARTS) is 1. The Labute approximate surface area is 218 Å². The fourth-order valence-corrected chi connectivity index (χ4v) is 4.35. The second-order valence-electron chi connectivity index (χ2n) is 8.16. The second-order valence-corrected chi connectivity index (χ2v) is 9.02. The number of amides is 2. The SMILES string of the molecule is O=C(O)CC[C@@H](NC(=O)OCc1ccccc1)C(=O)Nc1ccc(-c2csc(-c3ccccc3)n2)cc1. The van der Waals surface area contributed by atoms with Gasteiger partial charge in [0.25, 0.3) is 0 Å². The molecule has 3 N–H and O–H groups in total. The van der Waals surface area contributed by atoms with E-state index in [1.165, 1.54) is 0 Å². The zero-order chi connectivity index (χ0) is 26.0. The Morgan fingerprint density at radius 2 is 1.57 bits per heavy atom. The van der Waals surface area contributed by atoms with Gasteiger partial charge in [0.2, 0.25) is 5.91 Å². The normalized spacial score (nSPS) is 11.4. The smallest absolute Gasteiger partial charge is 0.408 e. The lowest BCUT2D eigenvalue weighted by molar-refractivity contribution is -0.137. The molecule has 0 radical (unpaired) electrons. The molecule has 0 unspecified atom stereocenters. The molecule has 37 heavy (non-hydrogen) atoms. The Bertz CT molecular complexity index is 1340. The second kappa shape index (κ2) is 12.5. The molecule has 1 atom stereocenters. The lowest BCUT2D eigenvalue weighted by atomic mass is 10.1. The zero-order valence-electron chi connectivity index (χ0n) is 19.8. The maximum Gasteiger partial charge on any atom is 0.408 e. The van der Waals surface area contributed by atoms with Crippen molar-refractivity contribution in [3.8, 4) is 21.8 Å². The van der Waals surface area contributed by atoms with Gasteiger partial charge in [0.15, 0.2) is 0 Å². The summed E-state index contributed by atoms with van der Waals surface area (Å²) in [5.41, 5.74) is 4.06. The maximum atomic E-state index is 12.9. The van der Waals surface area contributed by atoms with Crippen molar-refractivity contribution >= 4 is 35.0 Å². The molecule has 0 aliphatic rings. The predicted molar refractivity (Wildman–Crippen MR) is 142 cm³/mol. The highest BCUT2D eigenvalue weighted by Gasteiger charge is 2.23. The summed E-state index contributed by atoms with van der Waals surface area (Å²) in [5, 5.41) is 17.2. The van der Waals surface area contributed by atoms with E-state index in [2.05, 4.69) is 10.6 Å². The molecule has 0 aliphatic carbocycles. The summed E-state index contributed by atoms with van der Waals surface area (Å²) < 4.78 is 5.18. The van der Waals surface area contributed by atoms with Crippen LogP contribution in [0.25, 0.3) is 21.8 Å². The Hall–Kier alpha value is -4.50. The minimum Gasteiger partial charge on any atom is -0.481 e. The fraction of sp³-hybridized carbons (Fsp3) is 0.143. The number of benzene rings is 3. The molecule has 1 aromatic heterocycles. The number of aliphatic carboxylic acids is 1. The molecule has 0 aliphatic heterocycles. The highest BCUT2D eigenvalue weighted by atomic mass is 32.1. The van der Waals surface area contributed by atoms with Crippen LogP contribution in [0.5, 0.6) is 0 Å². The van der Waals surface area contributed by atoms with Gasteiger partial charge in [0.1, 0.15) is 17.7 Å². The quantitative estimate of drug-likeness (QED) is 0.254. The largest absolute Gasteiger partial charge is 0.481 e. The van der Waals surface area contributed by atoms with Crippen LogP contribution in [0.15, 0.2) is 90.3 Å². The van der Waals surface area contributed by atoms with Gasteiger partial charge in [-0.1, -0.05) is 72.8 Å². The third-order valence-electron chi connectivity index (χ3n) is 5.44. The molecule has 0 bridgehead atoms. The highest BCUT2D eigenvalue weighted by Crippen LogP contribution is 2.29. The molecule has 0 saturated heterocycles. The first-order chi connectivity index (χ1) is 18.0. The average Bonchev–Trinajstić information content (AvgIpc) is 3.42. The van der Waals surface area contributed by atoms with Gasteiger partial charge < -0.3 is 20.5 Å². The third-order valence-corrected chi connectivity index (χ3v) is 6.33. The number of nitrogens with zero attached hydrogens (tertiary/aromatic N) is 1. The Morgan fingerprint density at radius 3 is 2.24 bits per heavy atom. The van der Waals surface area contributed by atoms with Crippen LogP contribution >= 0.6 is 11.3 Å². The molecule has 9 heteroatoms. The van der Waals surface area contributed by atoms with Crippen molar-refractivity contribution < 1.29 is 24.2 Å². The van der Waals surface area contributed by atoms with Gasteiger partial charge in [-0.25, -0.2) is 9.78 Å². The van der Waals surface area contributed by atoms with Crippen molar-refractivity contribution in [1.29, 1.82) is 0 Å². The van der Waals surface area contributed by atoms with E-state index in [-0.39, 0.29) is 19.4 Å². The summed E-state index contributed by atoms with van der Waals surface area (Å²) in [4.78, 5) is 40.9. The van der Waals surface area contributed by atoms with Crippen molar-refractivity contribution in [3.05, 3.63) is 95.9 Å². The first-order valence-corrected chi connectivity index (χ1v) is 12.5. The van der Waals surface area contributed by atoms with Crippen LogP contribution in [0, 0.1) is 0 Å². The Kier molecular flexibility index (Phi) is 8.62. The molecule has 0 saturated carbocycles. The van der Waals surface area contributed by atoms with Crippen LogP contribution in [-0.2, 0) is 20.9 Å². The lowest BCUT2D eigenvalue weighted by Crippen LogP contribution is -2.44. The minimum atomic E-state index is -1.08. The van der Waals surface area contributed by atoms with Gasteiger partial charge >= 0.3 is 12.1 Å². The van der Waals surface area contributed by atoms with E-state index in [0.29, 0.717) is 5.69 Å². The molecule has 4 aromatic rings. The molecule has 0 fully saturated rings. The number of aromatic nitrogens is 1. The van der Waals surface area contributed by atoms with Crippen molar-refractivity contribution in [2.45, 2.75) is 25.5 Å². The first-order valence-electron chi connectivity index (χ1n) is 11.6. The summed E-state index contributed by atoms with van der Waals surface area (Å²) in [5.74, 6) is -1.61. The van der Waals surface area contributed by atoms with Gasteiger partial charge in [-0.15, -0.1) is 11.3 Å². The van der Waals surface area contributed by atoms with Crippen molar-refractivity contribution in [1.82, 2.24) is 10.3 Å². The van der Waals surface area contributed by atoms with Crippen LogP contribution in [-0.4, -0.2) is 34.1 Å². The van der Waals surface area contributed by atoms with Crippen LogP contribution in [0.2, 0.25) is 0 Å². The Morgan fingerprint density at radius 1 is 0.892 bits per heavy atom. The van der Waals surface area contributed by atoms with E-state index in [9.17, 15) is 14.4 Å². The number of carbonyl (C=O) groups excluding carboxylic acids is 2. The number of ether oxygens (including phenoxy) is 1. The van der Waals surface area contributed by atoms with Gasteiger partial charge in [-0.2, -0.15) is 0 Å². The van der Waals surface area contributed by atoms with Crippen LogP contribution in [0.1, 0.15) is 18.4 Å². The molecule has 8 nitrogen and oxygen atoms in total. The van der Waals surface area contributed by atoms with E-state index >= 15 is 0 Å². The number of rotatable bonds is 10. The number of carboxylic acids is 1. The molecule has 1 heterocycles. The van der Waals surface area contributed by atoms with Crippen LogP contribution in [0.4, 0.5) is 10.5 Å². The van der Waals surface area contributed by atoms with Crippen LogP contribution in [0.3, 0.4) is 0 Å². The number of carbonyl (C=O) groups is 3. The molecule has 188 valence electrons. The molecule has 0 spiro atoms. The van der Waals surface area contributed by atoms with Gasteiger partial charge in [-0.05, 0) is 24.1 Å². The van der Waals surface area contributed by atoms with E-state index in [1.54, 1.807) is 35.6 Å². The lowest BCUT2D eigenvalue weighted by Gasteiger charge is -2.18. The molecular formula is C28H25N3O5S. The minimum absolute atomic E-state index is 0.0318. The first kappa shape index (κ1) is 25.6. The number of hydrogen-bond acceptors (Lipinski definition) is 6. The number of thiazole rings is 1. The summed E-state index contributed by atoms with van der Waals surface area (Å²) in [6.07, 6.45) is -1.17. The summed E-state index contributed by atoms with van der Waals surface area (Å²) >= 11 is 1.55. The van der Waals surface area contributed by atoms with Crippen molar-refractivity contribution in [3.63, 3.8) is 0 Å². The standard InChI is InChI=1S/C28H25N3O5S/c32-25(33)16-15-23(31-28(35)36-17-19-7-3-1-4-8-19)26(34)29-22-13-11-20(12-14-22)24-18-37-27(30-24)21-9-5-2-6-10-21/h1-14,18,23H,15-17H2,(H,29,34)(H,31,35)(H,32,33)/t23-/m1/s1. The number of nitrogens with one attached hydrogen (secondary N) is 2. The maximum absolute atomic E-state index is 12.9. The monoisotopic (exact) mass is 515 g/mol. The summed E-state index contributed by atoms with van der Waals surface area (Å²) in [6, 6.07) is 25.1. The molecular weight excluding hydrogens is 490 g/mol. The van der Waals surface area contributed by atoms with E-state index < -0.39 is 24.0 Å². The Balaban J connectivity index is 1.37. The molecule has 3 aromatic carbocycles. The number of anilines is 1. The van der Waals surface area contributed by atoms with E-state index in [0.717, 1.165) is 27.4 Å². The highest BCUT2D eigenvalue weighted by molar-refractivity contribution is 7.13. The van der Waals surface area contributed by atoms with Gasteiger partial charge in [-0.3, -0.25) is 9.59 Å². The van der Waals surface area contributed by atoms with Crippen LogP contribution < -0.4 is 10.6 Å². The number of alkyl carbamates (subject to hydrolysis) is 1. The molecule has 2 amide bonds. The average molecular weight is 516 g/mol. The van der Waals surface area contributed by atoms with Crippen molar-refractivity contribution in [2.75, 3.05) is 5.32 Å². The van der Waals surface area contributed by atoms with Crippen molar-refractivity contribution in [2.24, 2.45) is 0 Å². The predicted octanol–water partition coefficient (Wildman–Crippen LogP) is 5.58. The fourth-order valence-electron chi connectivity index (χ4n) is 3.52.